The molecule has 2 N–H and O–H groups in total. The van der Waals surface area contributed by atoms with Gasteiger partial charge < -0.3 is 10.2 Å². The molecule has 0 bridgehead atoms. The lowest BCUT2D eigenvalue weighted by Gasteiger charge is -2.29. The molecule has 0 saturated carbocycles. The maximum absolute atomic E-state index is 10.1. The zero-order chi connectivity index (χ0) is 13.3. The van der Waals surface area contributed by atoms with Crippen molar-refractivity contribution in [3.63, 3.8) is 0 Å². The molecule has 2 rings (SSSR count). The highest BCUT2D eigenvalue weighted by Gasteiger charge is 2.41. The summed E-state index contributed by atoms with van der Waals surface area (Å²) in [6.07, 6.45) is -0.448. The molecule has 0 spiro atoms. The van der Waals surface area contributed by atoms with Gasteiger partial charge in [-0.1, -0.05) is 30.3 Å². The summed E-state index contributed by atoms with van der Waals surface area (Å²) in [5.41, 5.74) is 0.422. The van der Waals surface area contributed by atoms with Crippen LogP contribution in [0.3, 0.4) is 0 Å². The highest BCUT2D eigenvalue weighted by atomic mass is 16.3. The van der Waals surface area contributed by atoms with Gasteiger partial charge >= 0.3 is 0 Å². The molecule has 0 aliphatic carbocycles. The summed E-state index contributed by atoms with van der Waals surface area (Å²) in [4.78, 5) is 2.24. The van der Waals surface area contributed by atoms with Crippen LogP contribution in [0.1, 0.15) is 32.4 Å². The van der Waals surface area contributed by atoms with Crippen LogP contribution in [0, 0.1) is 5.92 Å². The van der Waals surface area contributed by atoms with Crippen LogP contribution < -0.4 is 0 Å². The van der Waals surface area contributed by atoms with E-state index in [1.165, 1.54) is 5.56 Å². The van der Waals surface area contributed by atoms with E-state index >= 15 is 0 Å². The van der Waals surface area contributed by atoms with Gasteiger partial charge in [0, 0.05) is 25.0 Å². The Morgan fingerprint density at radius 1 is 1.22 bits per heavy atom. The van der Waals surface area contributed by atoms with Crippen molar-refractivity contribution in [2.75, 3.05) is 13.1 Å². The fourth-order valence-electron chi connectivity index (χ4n) is 2.77. The molecule has 1 aromatic carbocycles. The van der Waals surface area contributed by atoms with Crippen LogP contribution in [-0.4, -0.2) is 39.9 Å². The maximum atomic E-state index is 10.1. The zero-order valence-corrected chi connectivity index (χ0v) is 11.4. The van der Waals surface area contributed by atoms with Crippen molar-refractivity contribution in [2.24, 2.45) is 5.92 Å². The number of aliphatic hydroxyl groups is 2. The second kappa shape index (κ2) is 5.00. The summed E-state index contributed by atoms with van der Waals surface area (Å²) in [5.74, 6) is -0.0799. The van der Waals surface area contributed by atoms with Crippen molar-refractivity contribution in [1.82, 2.24) is 4.90 Å². The molecule has 0 unspecified atom stereocenters. The third-order valence-electron chi connectivity index (χ3n) is 4.05. The smallest absolute Gasteiger partial charge is 0.0735 e. The van der Waals surface area contributed by atoms with Gasteiger partial charge in [0.15, 0.2) is 0 Å². The lowest BCUT2D eigenvalue weighted by molar-refractivity contribution is -0.0237. The zero-order valence-electron chi connectivity index (χ0n) is 11.4. The standard InChI is InChI=1S/C15H23NO2/c1-11(12-7-5-4-6-8-12)16-9-13(14(17)10-16)15(2,3)18/h4-8,11,13-14,17-18H,9-10H2,1-3H3/t11-,13+,14-/m0/s1. The van der Waals surface area contributed by atoms with E-state index < -0.39 is 11.7 Å². The Balaban J connectivity index is 2.09. The SMILES string of the molecule is C[C@@H](c1ccccc1)N1C[C@@H](C(C)(C)O)[C@@H](O)C1. The second-order valence-electron chi connectivity index (χ2n) is 5.87. The number of hydrogen-bond acceptors (Lipinski definition) is 3. The molecular weight excluding hydrogens is 226 g/mol. The number of rotatable bonds is 3. The van der Waals surface area contributed by atoms with Crippen molar-refractivity contribution < 1.29 is 10.2 Å². The quantitative estimate of drug-likeness (QED) is 0.858. The van der Waals surface area contributed by atoms with E-state index in [0.717, 1.165) is 6.54 Å². The molecule has 3 nitrogen and oxygen atoms in total. The Kier molecular flexibility index (Phi) is 3.76. The molecule has 18 heavy (non-hydrogen) atoms. The topological polar surface area (TPSA) is 43.7 Å². The van der Waals surface area contributed by atoms with Crippen LogP contribution in [0.2, 0.25) is 0 Å². The minimum Gasteiger partial charge on any atom is -0.391 e. The van der Waals surface area contributed by atoms with Crippen LogP contribution in [-0.2, 0) is 0 Å². The van der Waals surface area contributed by atoms with Crippen molar-refractivity contribution in [3.05, 3.63) is 35.9 Å². The van der Waals surface area contributed by atoms with E-state index in [9.17, 15) is 10.2 Å². The Bertz CT molecular complexity index is 385. The molecule has 1 fully saturated rings. The summed E-state index contributed by atoms with van der Waals surface area (Å²) in [6.45, 7) is 7.06. The summed E-state index contributed by atoms with van der Waals surface area (Å²) in [6, 6.07) is 10.6. The minimum absolute atomic E-state index is 0.0799. The van der Waals surface area contributed by atoms with Gasteiger partial charge in [-0.05, 0) is 26.3 Å². The average Bonchev–Trinajstić information content (AvgIpc) is 2.71. The van der Waals surface area contributed by atoms with E-state index in [2.05, 4.69) is 24.0 Å². The lowest BCUT2D eigenvalue weighted by atomic mass is 9.88. The summed E-state index contributed by atoms with van der Waals surface area (Å²) in [5, 5.41) is 20.2. The lowest BCUT2D eigenvalue weighted by Crippen LogP contribution is -2.38. The normalized spacial score (nSPS) is 27.4. The molecule has 0 aromatic heterocycles. The summed E-state index contributed by atoms with van der Waals surface area (Å²) >= 11 is 0. The van der Waals surface area contributed by atoms with Crippen LogP contribution in [0.15, 0.2) is 30.3 Å². The number of hydrogen-bond donors (Lipinski definition) is 2. The van der Waals surface area contributed by atoms with Gasteiger partial charge in [-0.25, -0.2) is 0 Å². The Morgan fingerprint density at radius 3 is 2.33 bits per heavy atom. The Hall–Kier alpha value is -0.900. The molecular formula is C15H23NO2. The highest BCUT2D eigenvalue weighted by molar-refractivity contribution is 5.19. The Labute approximate surface area is 109 Å². The van der Waals surface area contributed by atoms with Crippen LogP contribution >= 0.6 is 0 Å². The van der Waals surface area contributed by atoms with Crippen LogP contribution in [0.25, 0.3) is 0 Å². The van der Waals surface area contributed by atoms with Gasteiger partial charge in [-0.15, -0.1) is 0 Å². The van der Waals surface area contributed by atoms with Crippen LogP contribution in [0.5, 0.6) is 0 Å². The van der Waals surface area contributed by atoms with Crippen LogP contribution in [0.4, 0.5) is 0 Å². The van der Waals surface area contributed by atoms with Gasteiger partial charge in [0.05, 0.1) is 11.7 Å². The van der Waals surface area contributed by atoms with E-state index in [1.54, 1.807) is 13.8 Å². The molecule has 0 radical (unpaired) electrons. The van der Waals surface area contributed by atoms with Crippen molar-refractivity contribution in [2.45, 2.75) is 38.5 Å². The third kappa shape index (κ3) is 2.74. The van der Waals surface area contributed by atoms with Gasteiger partial charge in [0.25, 0.3) is 0 Å². The molecule has 1 aliphatic rings. The van der Waals surface area contributed by atoms with E-state index in [0.29, 0.717) is 6.54 Å². The molecule has 1 aromatic rings. The first-order chi connectivity index (χ1) is 8.39. The van der Waals surface area contributed by atoms with Gasteiger partial charge in [-0.3, -0.25) is 4.90 Å². The third-order valence-corrected chi connectivity index (χ3v) is 4.05. The first-order valence-corrected chi connectivity index (χ1v) is 6.59. The predicted octanol–water partition coefficient (Wildman–Crippen LogP) is 1.81. The summed E-state index contributed by atoms with van der Waals surface area (Å²) < 4.78 is 0. The highest BCUT2D eigenvalue weighted by Crippen LogP contribution is 2.32. The van der Waals surface area contributed by atoms with E-state index in [1.807, 2.05) is 18.2 Å². The molecule has 3 heteroatoms. The second-order valence-corrected chi connectivity index (χ2v) is 5.87. The molecule has 1 aliphatic heterocycles. The predicted molar refractivity (Wildman–Crippen MR) is 72.2 cm³/mol. The first-order valence-electron chi connectivity index (χ1n) is 6.59. The number of aliphatic hydroxyl groups excluding tert-OH is 1. The Morgan fingerprint density at radius 2 is 1.83 bits per heavy atom. The monoisotopic (exact) mass is 249 g/mol. The maximum Gasteiger partial charge on any atom is 0.0735 e. The average molecular weight is 249 g/mol. The molecule has 1 heterocycles. The largest absolute Gasteiger partial charge is 0.391 e. The van der Waals surface area contributed by atoms with E-state index in [4.69, 9.17) is 0 Å². The molecule has 100 valence electrons. The van der Waals surface area contributed by atoms with Gasteiger partial charge in [0.2, 0.25) is 0 Å². The van der Waals surface area contributed by atoms with Gasteiger partial charge in [0.1, 0.15) is 0 Å². The van der Waals surface area contributed by atoms with E-state index in [-0.39, 0.29) is 12.0 Å². The number of likely N-dealkylation sites (tertiary alicyclic amines) is 1. The van der Waals surface area contributed by atoms with Gasteiger partial charge in [-0.2, -0.15) is 0 Å². The number of benzene rings is 1. The molecule has 1 saturated heterocycles. The summed E-state index contributed by atoms with van der Waals surface area (Å²) in [7, 11) is 0. The number of nitrogens with zero attached hydrogens (tertiary/aromatic N) is 1. The minimum atomic E-state index is -0.829. The van der Waals surface area contributed by atoms with Crippen molar-refractivity contribution in [1.29, 1.82) is 0 Å². The fourth-order valence-corrected chi connectivity index (χ4v) is 2.77. The molecule has 3 atom stereocenters. The molecule has 0 amide bonds. The number of β-amino-alcohol motifs (C(OH)–C–C–N with tert-alkyl or cyclic N) is 1. The fraction of sp³-hybridized carbons (Fsp3) is 0.600. The first kappa shape index (κ1) is 13.5. The van der Waals surface area contributed by atoms with Crippen molar-refractivity contribution in [3.8, 4) is 0 Å². The van der Waals surface area contributed by atoms with Crippen molar-refractivity contribution >= 4 is 0 Å².